The first-order chi connectivity index (χ1) is 15.9. The number of hydrogen-bond donors (Lipinski definition) is 1. The van der Waals surface area contributed by atoms with Gasteiger partial charge in [-0.2, -0.15) is 0 Å². The van der Waals surface area contributed by atoms with E-state index in [0.717, 1.165) is 5.56 Å². The summed E-state index contributed by atoms with van der Waals surface area (Å²) in [5.41, 5.74) is 1.51. The first kappa shape index (κ1) is 24.6. The summed E-state index contributed by atoms with van der Waals surface area (Å²) in [6.07, 6.45) is 4.82. The van der Waals surface area contributed by atoms with Gasteiger partial charge in [-0.15, -0.1) is 0 Å². The van der Waals surface area contributed by atoms with Crippen molar-refractivity contribution >= 4 is 11.8 Å². The lowest BCUT2D eigenvalue weighted by atomic mass is 9.94. The Bertz CT molecular complexity index is 924. The molecule has 1 unspecified atom stereocenters. The van der Waals surface area contributed by atoms with Gasteiger partial charge in [0, 0.05) is 48.6 Å². The van der Waals surface area contributed by atoms with Crippen molar-refractivity contribution in [1.29, 1.82) is 0 Å². The van der Waals surface area contributed by atoms with E-state index >= 15 is 0 Å². The summed E-state index contributed by atoms with van der Waals surface area (Å²) < 4.78 is 11.7. The van der Waals surface area contributed by atoms with Gasteiger partial charge in [0.2, 0.25) is 5.91 Å². The highest BCUT2D eigenvalue weighted by molar-refractivity contribution is 5.95. The van der Waals surface area contributed by atoms with E-state index < -0.39 is 0 Å². The largest absolute Gasteiger partial charge is 0.490 e. The molecule has 2 heterocycles. The van der Waals surface area contributed by atoms with Crippen LogP contribution in [0.1, 0.15) is 56.5 Å². The maximum atomic E-state index is 13.1. The van der Waals surface area contributed by atoms with Crippen LogP contribution in [0.3, 0.4) is 0 Å². The molecule has 1 atom stereocenters. The molecule has 3 rings (SSSR count). The minimum Gasteiger partial charge on any atom is -0.490 e. The fraction of sp³-hybridized carbons (Fsp3) is 0.500. The zero-order chi connectivity index (χ0) is 23.8. The monoisotopic (exact) mass is 453 g/mol. The number of aromatic nitrogens is 1. The summed E-state index contributed by atoms with van der Waals surface area (Å²) in [5, 5.41) is 3.10. The third kappa shape index (κ3) is 6.70. The summed E-state index contributed by atoms with van der Waals surface area (Å²) in [5.74, 6) is 1.53. The molecule has 33 heavy (non-hydrogen) atoms. The van der Waals surface area contributed by atoms with Crippen LogP contribution >= 0.6 is 0 Å². The molecule has 178 valence electrons. The van der Waals surface area contributed by atoms with E-state index in [9.17, 15) is 9.59 Å². The van der Waals surface area contributed by atoms with Gasteiger partial charge in [0.15, 0.2) is 11.5 Å². The quantitative estimate of drug-likeness (QED) is 0.619. The number of carbonyl (C=O) groups is 2. The molecule has 2 amide bonds. The molecular formula is C26H35N3O4. The first-order valence-electron chi connectivity index (χ1n) is 11.8. The number of carbonyl (C=O) groups excluding carboxylic acids is 2. The van der Waals surface area contributed by atoms with Crippen molar-refractivity contribution in [1.82, 2.24) is 15.2 Å². The van der Waals surface area contributed by atoms with Gasteiger partial charge in [-0.25, -0.2) is 0 Å². The molecule has 0 radical (unpaired) electrons. The van der Waals surface area contributed by atoms with E-state index in [4.69, 9.17) is 9.47 Å². The number of likely N-dealkylation sites (tertiary alicyclic amines) is 1. The Morgan fingerprint density at radius 3 is 2.52 bits per heavy atom. The average Bonchev–Trinajstić information content (AvgIpc) is 2.83. The second-order valence-electron chi connectivity index (χ2n) is 8.85. The summed E-state index contributed by atoms with van der Waals surface area (Å²) in [4.78, 5) is 31.6. The molecule has 1 aliphatic heterocycles. The van der Waals surface area contributed by atoms with Crippen molar-refractivity contribution in [2.75, 3.05) is 19.7 Å². The number of benzene rings is 1. The molecule has 1 saturated heterocycles. The van der Waals surface area contributed by atoms with Crippen molar-refractivity contribution in [3.05, 3.63) is 53.9 Å². The second kappa shape index (κ2) is 11.7. The SMILES string of the molecule is CCOc1cc(C(=O)N2CCC(C(=O)NC(C)C(C)C)CC2)ccc1OCc1cccnc1. The Kier molecular flexibility index (Phi) is 8.69. The molecule has 0 spiro atoms. The summed E-state index contributed by atoms with van der Waals surface area (Å²) in [6.45, 7) is 10.1. The molecular weight excluding hydrogens is 418 g/mol. The number of pyridine rings is 1. The van der Waals surface area contributed by atoms with Gasteiger partial charge in [-0.1, -0.05) is 19.9 Å². The third-order valence-corrected chi connectivity index (χ3v) is 6.13. The predicted molar refractivity (Wildman–Crippen MR) is 127 cm³/mol. The van der Waals surface area contributed by atoms with Crippen molar-refractivity contribution in [3.8, 4) is 11.5 Å². The number of rotatable bonds is 9. The van der Waals surface area contributed by atoms with Crippen LogP contribution in [0.4, 0.5) is 0 Å². The zero-order valence-electron chi connectivity index (χ0n) is 20.0. The molecule has 0 bridgehead atoms. The molecule has 1 N–H and O–H groups in total. The third-order valence-electron chi connectivity index (χ3n) is 6.13. The van der Waals surface area contributed by atoms with Crippen LogP contribution in [-0.4, -0.2) is 47.4 Å². The van der Waals surface area contributed by atoms with Crippen LogP contribution < -0.4 is 14.8 Å². The fourth-order valence-corrected chi connectivity index (χ4v) is 3.71. The first-order valence-corrected chi connectivity index (χ1v) is 11.8. The maximum absolute atomic E-state index is 13.1. The molecule has 2 aromatic rings. The summed E-state index contributed by atoms with van der Waals surface area (Å²) in [6, 6.07) is 9.25. The van der Waals surface area contributed by atoms with Gasteiger partial charge < -0.3 is 19.7 Å². The van der Waals surface area contributed by atoms with Crippen molar-refractivity contribution in [3.63, 3.8) is 0 Å². The van der Waals surface area contributed by atoms with Gasteiger partial charge in [0.05, 0.1) is 6.61 Å². The van der Waals surface area contributed by atoms with Crippen molar-refractivity contribution in [2.45, 2.75) is 53.2 Å². The predicted octanol–water partition coefficient (Wildman–Crippen LogP) is 4.07. The minimum atomic E-state index is -0.0517. The van der Waals surface area contributed by atoms with Crippen LogP contribution in [0.25, 0.3) is 0 Å². The van der Waals surface area contributed by atoms with Gasteiger partial charge in [-0.3, -0.25) is 14.6 Å². The normalized spacial score (nSPS) is 15.2. The Hall–Kier alpha value is -3.09. The van der Waals surface area contributed by atoms with E-state index in [1.807, 2.05) is 30.9 Å². The number of nitrogens with zero attached hydrogens (tertiary/aromatic N) is 2. The Morgan fingerprint density at radius 2 is 1.88 bits per heavy atom. The molecule has 0 aliphatic carbocycles. The highest BCUT2D eigenvalue weighted by atomic mass is 16.5. The Labute approximate surface area is 196 Å². The fourth-order valence-electron chi connectivity index (χ4n) is 3.71. The van der Waals surface area contributed by atoms with Crippen LogP contribution in [-0.2, 0) is 11.4 Å². The Morgan fingerprint density at radius 1 is 1.12 bits per heavy atom. The number of hydrogen-bond acceptors (Lipinski definition) is 5. The van der Waals surface area contributed by atoms with Gasteiger partial charge >= 0.3 is 0 Å². The Balaban J connectivity index is 1.60. The molecule has 0 saturated carbocycles. The molecule has 1 aromatic heterocycles. The van der Waals surface area contributed by atoms with Crippen LogP contribution in [0.5, 0.6) is 11.5 Å². The molecule has 1 aromatic carbocycles. The zero-order valence-corrected chi connectivity index (χ0v) is 20.0. The van der Waals surface area contributed by atoms with E-state index in [1.165, 1.54) is 0 Å². The molecule has 1 fully saturated rings. The van der Waals surface area contributed by atoms with Crippen molar-refractivity contribution in [2.24, 2.45) is 11.8 Å². The number of piperidine rings is 1. The summed E-state index contributed by atoms with van der Waals surface area (Å²) >= 11 is 0. The van der Waals surface area contributed by atoms with Gasteiger partial charge in [0.25, 0.3) is 5.91 Å². The maximum Gasteiger partial charge on any atom is 0.253 e. The number of ether oxygens (including phenoxy) is 2. The van der Waals surface area contributed by atoms with Crippen molar-refractivity contribution < 1.29 is 19.1 Å². The molecule has 7 nitrogen and oxygen atoms in total. The minimum absolute atomic E-state index is 0.0440. The van der Waals surface area contributed by atoms with Gasteiger partial charge in [0.1, 0.15) is 6.61 Å². The number of amides is 2. The standard InChI is InChI=1S/C26H35N3O4/c1-5-32-24-15-22(8-9-23(24)33-17-20-7-6-12-27-16-20)26(31)29-13-10-21(11-14-29)25(30)28-19(4)18(2)3/h6-9,12,15-16,18-19,21H,5,10-11,13-14,17H2,1-4H3,(H,28,30). The average molecular weight is 454 g/mol. The van der Waals surface area contributed by atoms with E-state index in [0.29, 0.717) is 62.1 Å². The van der Waals surface area contributed by atoms with Crippen LogP contribution in [0, 0.1) is 11.8 Å². The van der Waals surface area contributed by atoms with Gasteiger partial charge in [-0.05, 0) is 56.9 Å². The number of nitrogens with one attached hydrogen (secondary N) is 1. The lowest BCUT2D eigenvalue weighted by Crippen LogP contribution is -2.45. The highest BCUT2D eigenvalue weighted by Gasteiger charge is 2.29. The summed E-state index contributed by atoms with van der Waals surface area (Å²) in [7, 11) is 0. The van der Waals surface area contributed by atoms with Crippen LogP contribution in [0.15, 0.2) is 42.7 Å². The lowest BCUT2D eigenvalue weighted by Gasteiger charge is -2.32. The topological polar surface area (TPSA) is 80.8 Å². The smallest absolute Gasteiger partial charge is 0.253 e. The van der Waals surface area contributed by atoms with E-state index in [-0.39, 0.29) is 23.8 Å². The second-order valence-corrected chi connectivity index (χ2v) is 8.85. The highest BCUT2D eigenvalue weighted by Crippen LogP contribution is 2.30. The molecule has 7 heteroatoms. The molecule has 1 aliphatic rings. The van der Waals surface area contributed by atoms with E-state index in [2.05, 4.69) is 24.1 Å². The van der Waals surface area contributed by atoms with Crippen LogP contribution in [0.2, 0.25) is 0 Å². The van der Waals surface area contributed by atoms with E-state index in [1.54, 1.807) is 30.6 Å². The lowest BCUT2D eigenvalue weighted by molar-refractivity contribution is -0.127.